The van der Waals surface area contributed by atoms with Crippen molar-refractivity contribution >= 4 is 34.8 Å². The van der Waals surface area contributed by atoms with Crippen molar-refractivity contribution in [1.82, 2.24) is 4.98 Å². The first-order valence-corrected chi connectivity index (χ1v) is 8.54. The molecule has 1 heterocycles. The average Bonchev–Trinajstić information content (AvgIpc) is 2.57. The van der Waals surface area contributed by atoms with Crippen LogP contribution in [0, 0.1) is 0 Å². The minimum absolute atomic E-state index is 0.314. The lowest BCUT2D eigenvalue weighted by atomic mass is 10.3. The Kier molecular flexibility index (Phi) is 6.88. The lowest BCUT2D eigenvalue weighted by Gasteiger charge is -2.22. The summed E-state index contributed by atoms with van der Waals surface area (Å²) in [6.07, 6.45) is 3.82. The molecular formula is C18H23ClN4O. The molecular weight excluding hydrogens is 324 g/mol. The minimum Gasteiger partial charge on any atom is -0.357 e. The molecule has 2 rings (SSSR count). The summed E-state index contributed by atoms with van der Waals surface area (Å²) in [5, 5.41) is 6.15. The zero-order valence-electron chi connectivity index (χ0n) is 14.1. The van der Waals surface area contributed by atoms with E-state index in [1.54, 1.807) is 30.5 Å². The number of carbonyl (C=O) groups excluding carboxylic acids is 1. The molecule has 0 atom stereocenters. The van der Waals surface area contributed by atoms with E-state index < -0.39 is 0 Å². The Morgan fingerprint density at radius 1 is 1.00 bits per heavy atom. The molecule has 0 aliphatic heterocycles. The second kappa shape index (κ2) is 9.13. The number of aromatic nitrogens is 1. The zero-order chi connectivity index (χ0) is 17.4. The van der Waals surface area contributed by atoms with Crippen molar-refractivity contribution in [3.63, 3.8) is 0 Å². The van der Waals surface area contributed by atoms with Gasteiger partial charge in [-0.2, -0.15) is 0 Å². The van der Waals surface area contributed by atoms with Gasteiger partial charge >= 0.3 is 6.03 Å². The Bertz CT molecular complexity index is 637. The first kappa shape index (κ1) is 18.1. The van der Waals surface area contributed by atoms with Crippen molar-refractivity contribution in [2.24, 2.45) is 0 Å². The topological polar surface area (TPSA) is 57.3 Å². The lowest BCUT2D eigenvalue weighted by molar-refractivity contribution is 0.262. The summed E-state index contributed by atoms with van der Waals surface area (Å²) in [6.45, 7) is 6.26. The van der Waals surface area contributed by atoms with Crippen LogP contribution >= 0.6 is 11.6 Å². The molecule has 5 nitrogen and oxygen atoms in total. The highest BCUT2D eigenvalue weighted by Gasteiger charge is 2.07. The van der Waals surface area contributed by atoms with Crippen LogP contribution < -0.4 is 15.5 Å². The van der Waals surface area contributed by atoms with Gasteiger partial charge in [-0.25, -0.2) is 9.78 Å². The summed E-state index contributed by atoms with van der Waals surface area (Å²) in [4.78, 5) is 18.7. The highest BCUT2D eigenvalue weighted by molar-refractivity contribution is 6.30. The zero-order valence-corrected chi connectivity index (χ0v) is 14.8. The predicted molar refractivity (Wildman–Crippen MR) is 101 cm³/mol. The summed E-state index contributed by atoms with van der Waals surface area (Å²) in [5.74, 6) is 0.933. The van der Waals surface area contributed by atoms with E-state index in [4.69, 9.17) is 11.6 Å². The Labute approximate surface area is 148 Å². The van der Waals surface area contributed by atoms with Gasteiger partial charge in [0, 0.05) is 23.8 Å². The van der Waals surface area contributed by atoms with Gasteiger partial charge in [0.25, 0.3) is 0 Å². The highest BCUT2D eigenvalue weighted by atomic mass is 35.5. The summed E-state index contributed by atoms with van der Waals surface area (Å²) in [7, 11) is 0. The van der Waals surface area contributed by atoms with Crippen LogP contribution in [0.2, 0.25) is 5.02 Å². The maximum atomic E-state index is 12.0. The smallest absolute Gasteiger partial charge is 0.323 e. The molecule has 1 aromatic heterocycles. The number of pyridine rings is 1. The fourth-order valence-electron chi connectivity index (χ4n) is 2.35. The molecule has 24 heavy (non-hydrogen) atoms. The molecule has 0 bridgehead atoms. The normalized spacial score (nSPS) is 10.3. The molecule has 0 spiro atoms. The van der Waals surface area contributed by atoms with Crippen LogP contribution in [-0.2, 0) is 0 Å². The second-order valence-corrected chi connectivity index (χ2v) is 5.91. The molecule has 2 N–H and O–H groups in total. The number of rotatable bonds is 7. The van der Waals surface area contributed by atoms with Crippen molar-refractivity contribution in [3.8, 4) is 0 Å². The number of hydrogen-bond donors (Lipinski definition) is 2. The number of halogens is 1. The van der Waals surface area contributed by atoms with E-state index in [1.165, 1.54) is 0 Å². The molecule has 0 radical (unpaired) electrons. The van der Waals surface area contributed by atoms with E-state index in [1.807, 2.05) is 12.1 Å². The number of carbonyl (C=O) groups is 1. The predicted octanol–water partition coefficient (Wildman–Crippen LogP) is 5.01. The fourth-order valence-corrected chi connectivity index (χ4v) is 2.48. The minimum atomic E-state index is -0.314. The quantitative estimate of drug-likeness (QED) is 0.741. The third-order valence-electron chi connectivity index (χ3n) is 3.42. The Morgan fingerprint density at radius 3 is 2.12 bits per heavy atom. The van der Waals surface area contributed by atoms with Crippen molar-refractivity contribution in [3.05, 3.63) is 47.6 Å². The molecule has 0 saturated carbocycles. The van der Waals surface area contributed by atoms with Crippen LogP contribution in [0.25, 0.3) is 0 Å². The monoisotopic (exact) mass is 346 g/mol. The number of nitrogens with zero attached hydrogens (tertiary/aromatic N) is 2. The van der Waals surface area contributed by atoms with Gasteiger partial charge in [0.2, 0.25) is 0 Å². The number of hydrogen-bond acceptors (Lipinski definition) is 3. The van der Waals surface area contributed by atoms with Crippen LogP contribution in [0.3, 0.4) is 0 Å². The molecule has 0 aliphatic rings. The average molecular weight is 347 g/mol. The molecule has 0 fully saturated rings. The van der Waals surface area contributed by atoms with E-state index in [0.29, 0.717) is 16.4 Å². The third kappa shape index (κ3) is 5.42. The molecule has 2 aromatic rings. The summed E-state index contributed by atoms with van der Waals surface area (Å²) in [6, 6.07) is 10.4. The fraction of sp³-hybridized carbons (Fsp3) is 0.333. The maximum Gasteiger partial charge on any atom is 0.323 e. The maximum absolute atomic E-state index is 12.0. The van der Waals surface area contributed by atoms with Crippen LogP contribution in [0.5, 0.6) is 0 Å². The molecule has 2 amide bonds. The van der Waals surface area contributed by atoms with Gasteiger partial charge < -0.3 is 15.5 Å². The van der Waals surface area contributed by atoms with E-state index >= 15 is 0 Å². The molecule has 1 aromatic carbocycles. The van der Waals surface area contributed by atoms with Crippen LogP contribution in [-0.4, -0.2) is 24.1 Å². The van der Waals surface area contributed by atoms with Crippen molar-refractivity contribution in [1.29, 1.82) is 0 Å². The van der Waals surface area contributed by atoms with Gasteiger partial charge in [0.1, 0.15) is 5.82 Å². The van der Waals surface area contributed by atoms with Crippen LogP contribution in [0.4, 0.5) is 22.0 Å². The Morgan fingerprint density at radius 2 is 1.58 bits per heavy atom. The van der Waals surface area contributed by atoms with Gasteiger partial charge in [-0.05, 0) is 49.2 Å². The number of anilines is 3. The van der Waals surface area contributed by atoms with Crippen molar-refractivity contribution in [2.75, 3.05) is 28.6 Å². The van der Waals surface area contributed by atoms with Crippen molar-refractivity contribution in [2.45, 2.75) is 26.7 Å². The molecule has 0 aliphatic carbocycles. The van der Waals surface area contributed by atoms with E-state index in [-0.39, 0.29) is 6.03 Å². The first-order chi connectivity index (χ1) is 11.6. The van der Waals surface area contributed by atoms with Crippen LogP contribution in [0.1, 0.15) is 26.7 Å². The second-order valence-electron chi connectivity index (χ2n) is 5.48. The molecule has 0 saturated heterocycles. The largest absolute Gasteiger partial charge is 0.357 e. The summed E-state index contributed by atoms with van der Waals surface area (Å²) < 4.78 is 0. The number of nitrogens with one attached hydrogen (secondary N) is 2. The Balaban J connectivity index is 1.95. The third-order valence-corrected chi connectivity index (χ3v) is 3.67. The SMILES string of the molecule is CCCN(CCC)c1ccc(NC(=O)Nc2ccc(Cl)cc2)cn1. The van der Waals surface area contributed by atoms with E-state index in [2.05, 4.69) is 34.4 Å². The Hall–Kier alpha value is -2.27. The van der Waals surface area contributed by atoms with E-state index in [0.717, 1.165) is 31.7 Å². The van der Waals surface area contributed by atoms with Gasteiger partial charge in [0.15, 0.2) is 0 Å². The van der Waals surface area contributed by atoms with Gasteiger partial charge in [-0.1, -0.05) is 25.4 Å². The molecule has 128 valence electrons. The van der Waals surface area contributed by atoms with Gasteiger partial charge in [0.05, 0.1) is 11.9 Å². The molecule has 0 unspecified atom stereocenters. The molecule has 6 heteroatoms. The standard InChI is InChI=1S/C18H23ClN4O/c1-3-11-23(12-4-2)17-10-9-16(13-20-17)22-18(24)21-15-7-5-14(19)6-8-15/h5-10,13H,3-4,11-12H2,1-2H3,(H2,21,22,24). The van der Waals surface area contributed by atoms with Crippen LogP contribution in [0.15, 0.2) is 42.6 Å². The number of urea groups is 1. The first-order valence-electron chi connectivity index (χ1n) is 8.17. The van der Waals surface area contributed by atoms with E-state index in [9.17, 15) is 4.79 Å². The number of amides is 2. The highest BCUT2D eigenvalue weighted by Crippen LogP contribution is 2.16. The number of benzene rings is 1. The summed E-state index contributed by atoms with van der Waals surface area (Å²) in [5.41, 5.74) is 1.33. The lowest BCUT2D eigenvalue weighted by Crippen LogP contribution is -2.26. The van der Waals surface area contributed by atoms with Gasteiger partial charge in [-0.3, -0.25) is 0 Å². The van der Waals surface area contributed by atoms with Gasteiger partial charge in [-0.15, -0.1) is 0 Å². The van der Waals surface area contributed by atoms with Crippen molar-refractivity contribution < 1.29 is 4.79 Å². The summed E-state index contributed by atoms with van der Waals surface area (Å²) >= 11 is 5.82.